The minimum Gasteiger partial charge on any atom is -0.372 e. The summed E-state index contributed by atoms with van der Waals surface area (Å²) in [6, 6.07) is 15.5. The van der Waals surface area contributed by atoms with Gasteiger partial charge in [0, 0.05) is 19.6 Å². The van der Waals surface area contributed by atoms with Crippen molar-refractivity contribution in [2.24, 2.45) is 5.73 Å². The monoisotopic (exact) mass is 286 g/mol. The van der Waals surface area contributed by atoms with Crippen molar-refractivity contribution in [3.8, 4) is 0 Å². The van der Waals surface area contributed by atoms with Crippen LogP contribution in [0, 0.1) is 5.82 Å². The number of hydrogen-bond donors (Lipinski definition) is 1. The summed E-state index contributed by atoms with van der Waals surface area (Å²) in [5.41, 5.74) is 8.77. The topological polar surface area (TPSA) is 29.3 Å². The number of likely N-dealkylation sites (N-methyl/N-ethyl adjacent to an activating group) is 1. The van der Waals surface area contributed by atoms with Crippen LogP contribution in [0.15, 0.2) is 48.5 Å². The van der Waals surface area contributed by atoms with E-state index in [1.165, 1.54) is 11.6 Å². The fourth-order valence-electron chi connectivity index (χ4n) is 2.55. The normalized spacial score (nSPS) is 12.2. The van der Waals surface area contributed by atoms with Crippen molar-refractivity contribution >= 4 is 5.69 Å². The van der Waals surface area contributed by atoms with E-state index in [9.17, 15) is 4.39 Å². The molecule has 2 aromatic rings. The molecule has 1 atom stereocenters. The Morgan fingerprint density at radius 1 is 1.10 bits per heavy atom. The second-order valence-electron chi connectivity index (χ2n) is 5.59. The number of nitrogens with zero attached hydrogens (tertiary/aromatic N) is 1. The molecular weight excluding hydrogens is 263 g/mol. The van der Waals surface area contributed by atoms with Crippen molar-refractivity contribution in [1.29, 1.82) is 0 Å². The molecule has 0 amide bonds. The standard InChI is InChI=1S/C18H23FN2/c1-14(20)13-16-9-6-10-17(19)18(16)21(2)12-11-15-7-4-3-5-8-15/h3-10,14H,11-13,20H2,1-2H3. The third kappa shape index (κ3) is 4.30. The van der Waals surface area contributed by atoms with E-state index in [0.717, 1.165) is 18.5 Å². The van der Waals surface area contributed by atoms with Crippen molar-refractivity contribution in [3.05, 3.63) is 65.5 Å². The molecule has 0 heterocycles. The molecule has 2 aromatic carbocycles. The van der Waals surface area contributed by atoms with Crippen molar-refractivity contribution in [3.63, 3.8) is 0 Å². The molecule has 0 aliphatic rings. The molecule has 0 saturated heterocycles. The van der Waals surface area contributed by atoms with Gasteiger partial charge in [0.1, 0.15) is 5.82 Å². The summed E-state index contributed by atoms with van der Waals surface area (Å²) in [6.45, 7) is 2.72. The highest BCUT2D eigenvalue weighted by molar-refractivity contribution is 5.54. The smallest absolute Gasteiger partial charge is 0.146 e. The molecule has 112 valence electrons. The second-order valence-corrected chi connectivity index (χ2v) is 5.59. The lowest BCUT2D eigenvalue weighted by atomic mass is 10.0. The molecule has 0 aliphatic carbocycles. The number of para-hydroxylation sites is 1. The van der Waals surface area contributed by atoms with Gasteiger partial charge in [0.15, 0.2) is 0 Å². The first-order chi connectivity index (χ1) is 10.1. The summed E-state index contributed by atoms with van der Waals surface area (Å²) < 4.78 is 14.2. The number of benzene rings is 2. The van der Waals surface area contributed by atoms with Crippen LogP contribution in [0.3, 0.4) is 0 Å². The van der Waals surface area contributed by atoms with Gasteiger partial charge in [-0.15, -0.1) is 0 Å². The fraction of sp³-hybridized carbons (Fsp3) is 0.333. The Morgan fingerprint density at radius 3 is 2.48 bits per heavy atom. The molecule has 2 nitrogen and oxygen atoms in total. The van der Waals surface area contributed by atoms with Crippen LogP contribution in [-0.2, 0) is 12.8 Å². The van der Waals surface area contributed by atoms with Crippen LogP contribution in [0.25, 0.3) is 0 Å². The summed E-state index contributed by atoms with van der Waals surface area (Å²) in [7, 11) is 1.94. The molecule has 0 radical (unpaired) electrons. The van der Waals surface area contributed by atoms with Crippen LogP contribution in [-0.4, -0.2) is 19.6 Å². The Kier molecular flexibility index (Phi) is 5.34. The average molecular weight is 286 g/mol. The molecule has 0 bridgehead atoms. The molecular formula is C18H23FN2. The number of anilines is 1. The van der Waals surface area contributed by atoms with E-state index in [2.05, 4.69) is 12.1 Å². The minimum atomic E-state index is -0.177. The molecule has 2 rings (SSSR count). The van der Waals surface area contributed by atoms with Crippen molar-refractivity contribution in [2.45, 2.75) is 25.8 Å². The van der Waals surface area contributed by atoms with E-state index >= 15 is 0 Å². The van der Waals surface area contributed by atoms with Gasteiger partial charge in [-0.3, -0.25) is 0 Å². The van der Waals surface area contributed by atoms with Crippen LogP contribution in [0.2, 0.25) is 0 Å². The summed E-state index contributed by atoms with van der Waals surface area (Å²) in [5.74, 6) is -0.177. The lowest BCUT2D eigenvalue weighted by Gasteiger charge is -2.24. The van der Waals surface area contributed by atoms with Gasteiger partial charge in [-0.2, -0.15) is 0 Å². The van der Waals surface area contributed by atoms with Crippen LogP contribution >= 0.6 is 0 Å². The van der Waals surface area contributed by atoms with Crippen LogP contribution in [0.1, 0.15) is 18.1 Å². The van der Waals surface area contributed by atoms with E-state index in [0.29, 0.717) is 12.1 Å². The number of halogens is 1. The zero-order valence-corrected chi connectivity index (χ0v) is 12.7. The highest BCUT2D eigenvalue weighted by Gasteiger charge is 2.14. The van der Waals surface area contributed by atoms with Crippen LogP contribution in [0.4, 0.5) is 10.1 Å². The van der Waals surface area contributed by atoms with E-state index < -0.39 is 0 Å². The third-order valence-corrected chi connectivity index (χ3v) is 3.57. The number of nitrogens with two attached hydrogens (primary N) is 1. The molecule has 0 spiro atoms. The predicted molar refractivity (Wildman–Crippen MR) is 87.2 cm³/mol. The van der Waals surface area contributed by atoms with Crippen molar-refractivity contribution in [2.75, 3.05) is 18.5 Å². The zero-order chi connectivity index (χ0) is 15.2. The fourth-order valence-corrected chi connectivity index (χ4v) is 2.55. The summed E-state index contributed by atoms with van der Waals surface area (Å²) in [4.78, 5) is 1.99. The van der Waals surface area contributed by atoms with E-state index in [-0.39, 0.29) is 11.9 Å². The predicted octanol–water partition coefficient (Wildman–Crippen LogP) is 3.39. The Balaban J connectivity index is 2.12. The van der Waals surface area contributed by atoms with Crippen LogP contribution < -0.4 is 10.6 Å². The maximum Gasteiger partial charge on any atom is 0.146 e. The van der Waals surface area contributed by atoms with Gasteiger partial charge in [-0.1, -0.05) is 42.5 Å². The minimum absolute atomic E-state index is 0.0214. The van der Waals surface area contributed by atoms with Gasteiger partial charge < -0.3 is 10.6 Å². The SMILES string of the molecule is CC(N)Cc1cccc(F)c1N(C)CCc1ccccc1. The van der Waals surface area contributed by atoms with Gasteiger partial charge in [0.25, 0.3) is 0 Å². The van der Waals surface area contributed by atoms with E-state index in [1.54, 1.807) is 6.07 Å². The first-order valence-corrected chi connectivity index (χ1v) is 7.36. The Bertz CT molecular complexity index is 567. The molecule has 21 heavy (non-hydrogen) atoms. The van der Waals surface area contributed by atoms with Gasteiger partial charge in [-0.25, -0.2) is 4.39 Å². The van der Waals surface area contributed by atoms with Crippen LogP contribution in [0.5, 0.6) is 0 Å². The molecule has 1 unspecified atom stereocenters. The first kappa shape index (κ1) is 15.5. The summed E-state index contributed by atoms with van der Waals surface area (Å²) >= 11 is 0. The lowest BCUT2D eigenvalue weighted by Crippen LogP contribution is -2.25. The van der Waals surface area contributed by atoms with E-state index in [1.807, 2.05) is 43.1 Å². The summed E-state index contributed by atoms with van der Waals surface area (Å²) in [5, 5.41) is 0. The Labute approximate surface area is 126 Å². The maximum atomic E-state index is 14.2. The zero-order valence-electron chi connectivity index (χ0n) is 12.7. The van der Waals surface area contributed by atoms with Gasteiger partial charge in [-0.05, 0) is 37.0 Å². The van der Waals surface area contributed by atoms with Gasteiger partial charge in [0.05, 0.1) is 5.69 Å². The Hall–Kier alpha value is -1.87. The quantitative estimate of drug-likeness (QED) is 0.882. The van der Waals surface area contributed by atoms with Gasteiger partial charge >= 0.3 is 0 Å². The van der Waals surface area contributed by atoms with Crippen molar-refractivity contribution < 1.29 is 4.39 Å². The summed E-state index contributed by atoms with van der Waals surface area (Å²) in [6.07, 6.45) is 1.58. The molecule has 3 heteroatoms. The first-order valence-electron chi connectivity index (χ1n) is 7.36. The van der Waals surface area contributed by atoms with Crippen molar-refractivity contribution in [1.82, 2.24) is 0 Å². The highest BCUT2D eigenvalue weighted by atomic mass is 19.1. The number of rotatable bonds is 6. The second kappa shape index (κ2) is 7.23. The molecule has 0 aromatic heterocycles. The number of hydrogen-bond acceptors (Lipinski definition) is 2. The molecule has 0 aliphatic heterocycles. The Morgan fingerprint density at radius 2 is 1.81 bits per heavy atom. The average Bonchev–Trinajstić information content (AvgIpc) is 2.45. The largest absolute Gasteiger partial charge is 0.372 e. The third-order valence-electron chi connectivity index (χ3n) is 3.57. The van der Waals surface area contributed by atoms with Gasteiger partial charge in [0.2, 0.25) is 0 Å². The molecule has 2 N–H and O–H groups in total. The highest BCUT2D eigenvalue weighted by Crippen LogP contribution is 2.24. The maximum absolute atomic E-state index is 14.2. The lowest BCUT2D eigenvalue weighted by molar-refractivity contribution is 0.616. The van der Waals surface area contributed by atoms with E-state index in [4.69, 9.17) is 5.73 Å². The molecule has 0 fully saturated rings. The molecule has 0 saturated carbocycles.